The molecule has 0 spiro atoms. The molecule has 1 atom stereocenters. The first-order chi connectivity index (χ1) is 9.58. The quantitative estimate of drug-likeness (QED) is 0.779. The van der Waals surface area contributed by atoms with E-state index in [1.165, 1.54) is 6.92 Å². The van der Waals surface area contributed by atoms with Crippen LogP contribution in [0.3, 0.4) is 0 Å². The third kappa shape index (κ3) is 3.48. The number of anilines is 2. The van der Waals surface area contributed by atoms with Crippen molar-refractivity contribution in [3.05, 3.63) is 23.8 Å². The Hall–Kier alpha value is -1.74. The van der Waals surface area contributed by atoms with Crippen LogP contribution in [0, 0.1) is 11.3 Å². The largest absolute Gasteiger partial charge is 0.464 e. The predicted octanol–water partition coefficient (Wildman–Crippen LogP) is 2.69. The maximum absolute atomic E-state index is 10.9. The predicted molar refractivity (Wildman–Crippen MR) is 87.9 cm³/mol. The van der Waals surface area contributed by atoms with E-state index in [1.54, 1.807) is 0 Å². The molecule has 5 nitrogen and oxygen atoms in total. The third-order valence-corrected chi connectivity index (χ3v) is 3.60. The zero-order valence-electron chi connectivity index (χ0n) is 12.5. The van der Waals surface area contributed by atoms with Gasteiger partial charge in [-0.1, -0.05) is 0 Å². The number of benzene rings is 1. The summed E-state index contributed by atoms with van der Waals surface area (Å²) >= 11 is 0. The summed E-state index contributed by atoms with van der Waals surface area (Å²) in [5, 5.41) is 9.04. The molecular weight excluding hydrogens is 334 g/mol. The lowest BCUT2D eigenvalue weighted by Crippen LogP contribution is -2.42. The lowest BCUT2D eigenvalue weighted by atomic mass is 10.2. The molecule has 0 saturated heterocycles. The number of carbonyl (C=O) groups excluding carboxylic acids is 1. The van der Waals surface area contributed by atoms with Gasteiger partial charge in [-0.05, 0) is 32.0 Å². The number of ether oxygens (including phenoxy) is 1. The van der Waals surface area contributed by atoms with Crippen LogP contribution in [-0.4, -0.2) is 31.8 Å². The molecule has 0 saturated carbocycles. The van der Waals surface area contributed by atoms with Crippen molar-refractivity contribution in [1.29, 1.82) is 5.26 Å². The molecule has 0 bridgehead atoms. The molecule has 0 radical (unpaired) electrons. The summed E-state index contributed by atoms with van der Waals surface area (Å²) < 4.78 is 5.03. The van der Waals surface area contributed by atoms with E-state index in [0.717, 1.165) is 17.9 Å². The maximum Gasteiger partial charge on any atom is 0.302 e. The van der Waals surface area contributed by atoms with Gasteiger partial charge < -0.3 is 14.5 Å². The second-order valence-electron chi connectivity index (χ2n) is 4.77. The number of carbonyl (C=O) groups is 1. The van der Waals surface area contributed by atoms with Crippen molar-refractivity contribution in [3.63, 3.8) is 0 Å². The van der Waals surface area contributed by atoms with E-state index >= 15 is 0 Å². The summed E-state index contributed by atoms with van der Waals surface area (Å²) in [5.41, 5.74) is 2.80. The van der Waals surface area contributed by atoms with E-state index in [4.69, 9.17) is 10.00 Å². The second kappa shape index (κ2) is 7.32. The summed E-state index contributed by atoms with van der Waals surface area (Å²) in [4.78, 5) is 15.3. The summed E-state index contributed by atoms with van der Waals surface area (Å²) in [7, 11) is 0. The highest BCUT2D eigenvalue weighted by atomic mass is 79.9. The molecule has 0 amide bonds. The number of fused-ring (bicyclic) bond motifs is 1. The number of rotatable bonds is 4. The highest BCUT2D eigenvalue weighted by Crippen LogP contribution is 2.39. The van der Waals surface area contributed by atoms with Crippen LogP contribution >= 0.6 is 17.0 Å². The SMILES string of the molecule is Br.CCN1c2ccc(C#N)cc2N(CCOC(C)=O)C1C. The van der Waals surface area contributed by atoms with E-state index in [1.807, 2.05) is 18.2 Å². The summed E-state index contributed by atoms with van der Waals surface area (Å²) in [6.45, 7) is 7.50. The van der Waals surface area contributed by atoms with Crippen LogP contribution in [0.15, 0.2) is 18.2 Å². The van der Waals surface area contributed by atoms with Crippen molar-refractivity contribution in [2.24, 2.45) is 0 Å². The van der Waals surface area contributed by atoms with Gasteiger partial charge >= 0.3 is 5.97 Å². The Morgan fingerprint density at radius 1 is 1.38 bits per heavy atom. The number of halogens is 1. The van der Waals surface area contributed by atoms with E-state index in [9.17, 15) is 4.79 Å². The first-order valence-electron chi connectivity index (χ1n) is 6.79. The van der Waals surface area contributed by atoms with Gasteiger partial charge in [0.2, 0.25) is 0 Å². The number of esters is 1. The molecule has 1 heterocycles. The normalized spacial score (nSPS) is 16.0. The molecule has 1 aromatic carbocycles. The summed E-state index contributed by atoms with van der Waals surface area (Å²) in [6.07, 6.45) is 0.194. The minimum atomic E-state index is -0.268. The average molecular weight is 354 g/mol. The smallest absolute Gasteiger partial charge is 0.302 e. The van der Waals surface area contributed by atoms with Gasteiger partial charge in [-0.15, -0.1) is 17.0 Å². The second-order valence-corrected chi connectivity index (χ2v) is 4.77. The van der Waals surface area contributed by atoms with Crippen molar-refractivity contribution < 1.29 is 9.53 Å². The van der Waals surface area contributed by atoms with E-state index < -0.39 is 0 Å². The van der Waals surface area contributed by atoms with Gasteiger partial charge in [0.25, 0.3) is 0 Å². The molecule has 1 unspecified atom stereocenters. The average Bonchev–Trinajstić information content (AvgIpc) is 2.70. The van der Waals surface area contributed by atoms with Crippen LogP contribution in [0.1, 0.15) is 26.3 Å². The summed E-state index contributed by atoms with van der Waals surface area (Å²) in [6, 6.07) is 7.89. The topological polar surface area (TPSA) is 56.6 Å². The van der Waals surface area contributed by atoms with Crippen LogP contribution in [0.4, 0.5) is 11.4 Å². The third-order valence-electron chi connectivity index (χ3n) is 3.60. The minimum absolute atomic E-state index is 0. The first kappa shape index (κ1) is 17.3. The Morgan fingerprint density at radius 3 is 2.67 bits per heavy atom. The number of hydrogen-bond acceptors (Lipinski definition) is 5. The van der Waals surface area contributed by atoms with Gasteiger partial charge in [-0.3, -0.25) is 4.79 Å². The Labute approximate surface area is 135 Å². The van der Waals surface area contributed by atoms with Gasteiger partial charge in [0, 0.05) is 13.5 Å². The Morgan fingerprint density at radius 2 is 2.10 bits per heavy atom. The molecule has 0 aromatic heterocycles. The van der Waals surface area contributed by atoms with Gasteiger partial charge in [0.15, 0.2) is 0 Å². The zero-order chi connectivity index (χ0) is 14.7. The monoisotopic (exact) mass is 353 g/mol. The van der Waals surface area contributed by atoms with Crippen LogP contribution in [-0.2, 0) is 9.53 Å². The molecule has 1 aliphatic rings. The van der Waals surface area contributed by atoms with Gasteiger partial charge in [0.1, 0.15) is 6.61 Å². The van der Waals surface area contributed by atoms with Gasteiger partial charge in [0.05, 0.1) is 35.7 Å². The van der Waals surface area contributed by atoms with Crippen molar-refractivity contribution in [1.82, 2.24) is 0 Å². The van der Waals surface area contributed by atoms with Crippen LogP contribution in [0.5, 0.6) is 0 Å². The van der Waals surface area contributed by atoms with E-state index in [0.29, 0.717) is 18.7 Å². The summed E-state index contributed by atoms with van der Waals surface area (Å²) in [5.74, 6) is -0.268. The van der Waals surface area contributed by atoms with Crippen molar-refractivity contribution in [2.75, 3.05) is 29.5 Å². The molecule has 0 fully saturated rings. The lowest BCUT2D eigenvalue weighted by molar-refractivity contribution is -0.140. The van der Waals surface area contributed by atoms with Crippen molar-refractivity contribution in [3.8, 4) is 6.07 Å². The molecule has 6 heteroatoms. The van der Waals surface area contributed by atoms with Crippen LogP contribution < -0.4 is 9.80 Å². The number of nitrogens with zero attached hydrogens (tertiary/aromatic N) is 3. The first-order valence-corrected chi connectivity index (χ1v) is 6.79. The molecule has 2 rings (SSSR count). The van der Waals surface area contributed by atoms with E-state index in [-0.39, 0.29) is 29.1 Å². The Bertz CT molecular complexity index is 556. The molecule has 0 N–H and O–H groups in total. The van der Waals surface area contributed by atoms with Crippen LogP contribution in [0.2, 0.25) is 0 Å². The highest BCUT2D eigenvalue weighted by Gasteiger charge is 2.31. The molecule has 1 aliphatic heterocycles. The molecular formula is C15H20BrN3O2. The molecule has 1 aromatic rings. The molecule has 21 heavy (non-hydrogen) atoms. The van der Waals surface area contributed by atoms with Gasteiger partial charge in [-0.2, -0.15) is 5.26 Å². The molecule has 114 valence electrons. The highest BCUT2D eigenvalue weighted by molar-refractivity contribution is 8.93. The standard InChI is InChI=1S/C15H19N3O2.BrH/c1-4-17-11(2)18(7-8-20-12(3)19)15-9-13(10-16)5-6-14(15)17;/h5-6,9,11H,4,7-8H2,1-3H3;1H. The van der Waals surface area contributed by atoms with E-state index in [2.05, 4.69) is 29.7 Å². The van der Waals surface area contributed by atoms with Crippen molar-refractivity contribution >= 4 is 34.3 Å². The fourth-order valence-corrected chi connectivity index (χ4v) is 2.67. The molecule has 0 aliphatic carbocycles. The number of hydrogen-bond donors (Lipinski definition) is 0. The van der Waals surface area contributed by atoms with Crippen LogP contribution in [0.25, 0.3) is 0 Å². The maximum atomic E-state index is 10.9. The zero-order valence-corrected chi connectivity index (χ0v) is 14.2. The Kier molecular flexibility index (Phi) is 6.03. The minimum Gasteiger partial charge on any atom is -0.464 e. The van der Waals surface area contributed by atoms with Crippen molar-refractivity contribution in [2.45, 2.75) is 26.9 Å². The fourth-order valence-electron chi connectivity index (χ4n) is 2.67. The Balaban J connectivity index is 0.00000220. The lowest BCUT2D eigenvalue weighted by Gasteiger charge is -2.29. The number of nitriles is 1. The fraction of sp³-hybridized carbons (Fsp3) is 0.467. The van der Waals surface area contributed by atoms with Gasteiger partial charge in [-0.25, -0.2) is 0 Å².